The van der Waals surface area contributed by atoms with Crippen LogP contribution in [0.1, 0.15) is 6.42 Å². The van der Waals surface area contributed by atoms with Crippen molar-refractivity contribution in [1.29, 1.82) is 0 Å². The Morgan fingerprint density at radius 2 is 1.92 bits per heavy atom. The number of thioether (sulfide) groups is 1. The first-order valence-electron chi connectivity index (χ1n) is 7.55. The van der Waals surface area contributed by atoms with Crippen molar-refractivity contribution >= 4 is 29.3 Å². The van der Waals surface area contributed by atoms with Gasteiger partial charge in [0.2, 0.25) is 0 Å². The third-order valence-electron chi connectivity index (χ3n) is 3.11. The van der Waals surface area contributed by atoms with E-state index in [1.807, 2.05) is 0 Å². The summed E-state index contributed by atoms with van der Waals surface area (Å²) in [6.45, 7) is -0.350. The van der Waals surface area contributed by atoms with Gasteiger partial charge in [0.05, 0.1) is 13.5 Å². The van der Waals surface area contributed by atoms with Gasteiger partial charge in [-0.2, -0.15) is 0 Å². The maximum atomic E-state index is 12.8. The fraction of sp³-hybridized carbons (Fsp3) is 0.222. The Kier molecular flexibility index (Phi) is 7.28. The average Bonchev–Trinajstić information content (AvgIpc) is 2.62. The third kappa shape index (κ3) is 6.84. The molecule has 0 saturated heterocycles. The van der Waals surface area contributed by atoms with Crippen LogP contribution in [0.25, 0.3) is 0 Å². The molecular weight excluding hydrogens is 345 g/mol. The number of amides is 1. The number of anilines is 1. The van der Waals surface area contributed by atoms with E-state index in [1.54, 1.807) is 36.4 Å². The van der Waals surface area contributed by atoms with E-state index < -0.39 is 11.9 Å². The minimum atomic E-state index is -0.463. The van der Waals surface area contributed by atoms with E-state index in [0.29, 0.717) is 17.2 Å². The van der Waals surface area contributed by atoms with Gasteiger partial charge in [-0.25, -0.2) is 4.39 Å². The lowest BCUT2D eigenvalue weighted by Crippen LogP contribution is -2.21. The molecule has 0 aliphatic rings. The zero-order valence-electron chi connectivity index (χ0n) is 13.7. The molecule has 5 nitrogen and oxygen atoms in total. The molecule has 0 radical (unpaired) electrons. The van der Waals surface area contributed by atoms with Crippen molar-refractivity contribution in [3.05, 3.63) is 54.3 Å². The fourth-order valence-electron chi connectivity index (χ4n) is 1.90. The van der Waals surface area contributed by atoms with Crippen LogP contribution < -0.4 is 10.1 Å². The Morgan fingerprint density at radius 3 is 2.64 bits per heavy atom. The molecule has 2 aromatic carbocycles. The van der Waals surface area contributed by atoms with Gasteiger partial charge in [-0.05, 0) is 36.4 Å². The molecule has 1 amide bonds. The molecule has 0 aliphatic carbocycles. The highest BCUT2D eigenvalue weighted by atomic mass is 32.2. The number of hydrogen-bond donors (Lipinski definition) is 1. The van der Waals surface area contributed by atoms with Crippen molar-refractivity contribution < 1.29 is 23.5 Å². The molecule has 0 aromatic heterocycles. The van der Waals surface area contributed by atoms with Gasteiger partial charge in [0, 0.05) is 22.4 Å². The molecule has 7 heteroatoms. The van der Waals surface area contributed by atoms with E-state index in [9.17, 15) is 14.0 Å². The smallest absolute Gasteiger partial charge is 0.307 e. The van der Waals surface area contributed by atoms with Gasteiger partial charge in [-0.15, -0.1) is 11.8 Å². The maximum absolute atomic E-state index is 12.8. The first-order valence-corrected chi connectivity index (χ1v) is 8.53. The second-order valence-corrected chi connectivity index (χ2v) is 6.16. The van der Waals surface area contributed by atoms with E-state index in [2.05, 4.69) is 5.32 Å². The monoisotopic (exact) mass is 363 g/mol. The molecule has 0 fully saturated rings. The van der Waals surface area contributed by atoms with Crippen LogP contribution >= 0.6 is 11.8 Å². The number of halogens is 1. The summed E-state index contributed by atoms with van der Waals surface area (Å²) >= 11 is 1.42. The normalized spacial score (nSPS) is 10.2. The van der Waals surface area contributed by atoms with E-state index in [4.69, 9.17) is 9.47 Å². The summed E-state index contributed by atoms with van der Waals surface area (Å²) in [6, 6.07) is 12.9. The summed E-state index contributed by atoms with van der Waals surface area (Å²) in [4.78, 5) is 24.3. The molecule has 0 atom stereocenters. The summed E-state index contributed by atoms with van der Waals surface area (Å²) < 4.78 is 22.8. The van der Waals surface area contributed by atoms with E-state index in [1.165, 1.54) is 31.0 Å². The van der Waals surface area contributed by atoms with Crippen LogP contribution in [0, 0.1) is 5.82 Å². The number of benzene rings is 2. The van der Waals surface area contributed by atoms with Crippen molar-refractivity contribution in [3.63, 3.8) is 0 Å². The molecule has 0 saturated carbocycles. The average molecular weight is 363 g/mol. The number of nitrogens with one attached hydrogen (secondary N) is 1. The first-order chi connectivity index (χ1) is 12.1. The van der Waals surface area contributed by atoms with Crippen molar-refractivity contribution in [2.24, 2.45) is 0 Å². The van der Waals surface area contributed by atoms with Gasteiger partial charge in [0.15, 0.2) is 6.61 Å². The largest absolute Gasteiger partial charge is 0.497 e. The zero-order chi connectivity index (χ0) is 18.1. The lowest BCUT2D eigenvalue weighted by atomic mass is 10.3. The van der Waals surface area contributed by atoms with Crippen LogP contribution in [0.2, 0.25) is 0 Å². The van der Waals surface area contributed by atoms with Crippen molar-refractivity contribution in [1.82, 2.24) is 0 Å². The van der Waals surface area contributed by atoms with E-state index >= 15 is 0 Å². The number of ether oxygens (including phenoxy) is 2. The second kappa shape index (κ2) is 9.68. The molecule has 0 heterocycles. The van der Waals surface area contributed by atoms with E-state index in [-0.39, 0.29) is 18.8 Å². The first kappa shape index (κ1) is 18.8. The molecule has 0 unspecified atom stereocenters. The minimum Gasteiger partial charge on any atom is -0.497 e. The number of methoxy groups -OCH3 is 1. The number of carbonyl (C=O) groups excluding carboxylic acids is 2. The van der Waals surface area contributed by atoms with Crippen LogP contribution in [-0.2, 0) is 14.3 Å². The molecule has 2 aromatic rings. The highest BCUT2D eigenvalue weighted by molar-refractivity contribution is 7.99. The highest BCUT2D eigenvalue weighted by Crippen LogP contribution is 2.19. The van der Waals surface area contributed by atoms with Crippen LogP contribution in [0.5, 0.6) is 5.75 Å². The molecule has 2 rings (SSSR count). The molecule has 1 N–H and O–H groups in total. The summed E-state index contributed by atoms with van der Waals surface area (Å²) in [7, 11) is 1.53. The van der Waals surface area contributed by atoms with Crippen LogP contribution in [0.4, 0.5) is 10.1 Å². The lowest BCUT2D eigenvalue weighted by molar-refractivity contribution is -0.146. The zero-order valence-corrected chi connectivity index (χ0v) is 14.5. The number of rotatable bonds is 8. The standard InChI is InChI=1S/C18H18FNO4S/c1-23-15-4-2-3-14(11-15)20-17(21)12-24-18(22)9-10-25-16-7-5-13(19)6-8-16/h2-8,11H,9-10,12H2,1H3,(H,20,21). The van der Waals surface area contributed by atoms with Gasteiger partial charge >= 0.3 is 5.97 Å². The Bertz CT molecular complexity index is 721. The van der Waals surface area contributed by atoms with Crippen LogP contribution in [-0.4, -0.2) is 31.3 Å². The summed E-state index contributed by atoms with van der Waals surface area (Å²) in [5, 5.41) is 2.62. The quantitative estimate of drug-likeness (QED) is 0.574. The SMILES string of the molecule is COc1cccc(NC(=O)COC(=O)CCSc2ccc(F)cc2)c1. The number of esters is 1. The molecule has 0 spiro atoms. The predicted octanol–water partition coefficient (Wildman–Crippen LogP) is 3.50. The van der Waals surface area contributed by atoms with Gasteiger partial charge in [-0.1, -0.05) is 6.07 Å². The fourth-order valence-corrected chi connectivity index (χ4v) is 2.73. The van der Waals surface area contributed by atoms with Gasteiger partial charge in [0.1, 0.15) is 11.6 Å². The molecular formula is C18H18FNO4S. The Balaban J connectivity index is 1.66. The molecule has 0 aliphatic heterocycles. The number of hydrogen-bond acceptors (Lipinski definition) is 5. The van der Waals surface area contributed by atoms with Crippen molar-refractivity contribution in [3.8, 4) is 5.75 Å². The predicted molar refractivity (Wildman–Crippen MR) is 94.3 cm³/mol. The van der Waals surface area contributed by atoms with Crippen LogP contribution in [0.3, 0.4) is 0 Å². The summed E-state index contributed by atoms with van der Waals surface area (Å²) in [5.74, 6) is -0.0799. The third-order valence-corrected chi connectivity index (χ3v) is 4.12. The number of carbonyl (C=O) groups is 2. The summed E-state index contributed by atoms with van der Waals surface area (Å²) in [6.07, 6.45) is 0.161. The minimum absolute atomic E-state index is 0.161. The lowest BCUT2D eigenvalue weighted by Gasteiger charge is -2.08. The van der Waals surface area contributed by atoms with Crippen molar-refractivity contribution in [2.75, 3.05) is 24.8 Å². The highest BCUT2D eigenvalue weighted by Gasteiger charge is 2.08. The summed E-state index contributed by atoms with van der Waals surface area (Å²) in [5.41, 5.74) is 0.562. The maximum Gasteiger partial charge on any atom is 0.307 e. The Morgan fingerprint density at radius 1 is 1.16 bits per heavy atom. The van der Waals surface area contributed by atoms with Crippen molar-refractivity contribution in [2.45, 2.75) is 11.3 Å². The Hall–Kier alpha value is -2.54. The molecule has 132 valence electrons. The molecule has 0 bridgehead atoms. The van der Waals surface area contributed by atoms with Gasteiger partial charge in [-0.3, -0.25) is 9.59 Å². The van der Waals surface area contributed by atoms with Gasteiger partial charge in [0.25, 0.3) is 5.91 Å². The Labute approximate surface area is 149 Å². The second-order valence-electron chi connectivity index (χ2n) is 4.99. The molecule has 25 heavy (non-hydrogen) atoms. The van der Waals surface area contributed by atoms with Gasteiger partial charge < -0.3 is 14.8 Å². The van der Waals surface area contributed by atoms with Crippen LogP contribution in [0.15, 0.2) is 53.4 Å². The topological polar surface area (TPSA) is 64.6 Å². The van der Waals surface area contributed by atoms with E-state index in [0.717, 1.165) is 4.90 Å².